The molecule has 0 aromatic carbocycles. The highest BCUT2D eigenvalue weighted by Gasteiger charge is 2.62. The Hall–Kier alpha value is -0.800. The molecule has 4 aliphatic rings. The van der Waals surface area contributed by atoms with Crippen LogP contribution in [0, 0.1) is 0 Å². The number of ether oxygens (including phenoxy) is 7. The third-order valence-corrected chi connectivity index (χ3v) is 8.62. The molecule has 4 saturated heterocycles. The lowest BCUT2D eigenvalue weighted by molar-refractivity contribution is -0.451. The fourth-order valence-corrected chi connectivity index (χ4v) is 5.96. The van der Waals surface area contributed by atoms with Gasteiger partial charge in [0, 0.05) is 6.42 Å². The zero-order valence-corrected chi connectivity index (χ0v) is 24.8. The summed E-state index contributed by atoms with van der Waals surface area (Å²) in [5, 5.41) is 134. The fraction of sp³-hybridized carbons (Fsp3) is 1.00. The molecule has 20 nitrogen and oxygen atoms in total. The van der Waals surface area contributed by atoms with Crippen LogP contribution < -0.4 is 0 Å². The Morgan fingerprint density at radius 2 is 1.11 bits per heavy atom. The second kappa shape index (κ2) is 15.8. The summed E-state index contributed by atoms with van der Waals surface area (Å²) in [6, 6.07) is 0. The Kier molecular flexibility index (Phi) is 13.1. The minimum atomic E-state index is -2.31. The molecule has 0 bridgehead atoms. The number of hydrogen-bond acceptors (Lipinski definition) is 20. The van der Waals surface area contributed by atoms with Crippen molar-refractivity contribution in [3.63, 3.8) is 0 Å². The molecule has 0 radical (unpaired) electrons. The lowest BCUT2D eigenvalue weighted by atomic mass is 9.88. The summed E-state index contributed by atoms with van der Waals surface area (Å²) in [5.74, 6) is -2.31. The van der Waals surface area contributed by atoms with Crippen LogP contribution in [0.25, 0.3) is 0 Å². The van der Waals surface area contributed by atoms with Crippen LogP contribution in [0.3, 0.4) is 0 Å². The molecule has 19 atom stereocenters. The zero-order chi connectivity index (χ0) is 34.1. The molecule has 4 rings (SSSR count). The molecule has 0 amide bonds. The van der Waals surface area contributed by atoms with Gasteiger partial charge >= 0.3 is 0 Å². The van der Waals surface area contributed by atoms with E-state index in [0.717, 1.165) is 0 Å². The van der Waals surface area contributed by atoms with E-state index < -0.39 is 143 Å². The van der Waals surface area contributed by atoms with Crippen LogP contribution in [-0.2, 0) is 33.2 Å². The summed E-state index contributed by atoms with van der Waals surface area (Å²) < 4.78 is 40.3. The van der Waals surface area contributed by atoms with Crippen molar-refractivity contribution in [1.82, 2.24) is 0 Å². The van der Waals surface area contributed by atoms with Gasteiger partial charge in [-0.05, 0) is 0 Å². The molecule has 19 unspecified atom stereocenters. The van der Waals surface area contributed by atoms with Crippen molar-refractivity contribution < 1.29 is 99.5 Å². The van der Waals surface area contributed by atoms with Gasteiger partial charge in [-0.2, -0.15) is 0 Å². The third kappa shape index (κ3) is 7.37. The summed E-state index contributed by atoms with van der Waals surface area (Å²) in [7, 11) is 0. The Labute approximate surface area is 262 Å². The molecule has 46 heavy (non-hydrogen) atoms. The average molecular weight is 679 g/mol. The molecule has 0 saturated carbocycles. The first-order chi connectivity index (χ1) is 21.7. The predicted molar refractivity (Wildman–Crippen MR) is 142 cm³/mol. The van der Waals surface area contributed by atoms with Gasteiger partial charge in [0.05, 0.1) is 26.4 Å². The fourth-order valence-electron chi connectivity index (χ4n) is 5.96. The Balaban J connectivity index is 1.77. The van der Waals surface area contributed by atoms with Crippen molar-refractivity contribution in [2.24, 2.45) is 0 Å². The van der Waals surface area contributed by atoms with E-state index >= 15 is 0 Å². The number of rotatable bonds is 11. The van der Waals surface area contributed by atoms with Crippen LogP contribution in [0.15, 0.2) is 0 Å². The van der Waals surface area contributed by atoms with Gasteiger partial charge in [-0.1, -0.05) is 13.3 Å². The monoisotopic (exact) mass is 678 g/mol. The molecular formula is C26H46O20. The van der Waals surface area contributed by atoms with E-state index in [-0.39, 0.29) is 12.8 Å². The quantitative estimate of drug-likeness (QED) is 0.0964. The highest BCUT2D eigenvalue weighted by Crippen LogP contribution is 2.43. The first-order valence-corrected chi connectivity index (χ1v) is 15.0. The van der Waals surface area contributed by atoms with Gasteiger partial charge in [-0.15, -0.1) is 0 Å². The second-order valence-corrected chi connectivity index (χ2v) is 11.8. The van der Waals surface area contributed by atoms with E-state index in [4.69, 9.17) is 33.2 Å². The molecular weight excluding hydrogens is 632 g/mol. The van der Waals surface area contributed by atoms with Gasteiger partial charge in [0.25, 0.3) is 0 Å². The minimum Gasteiger partial charge on any atom is -0.394 e. The summed E-state index contributed by atoms with van der Waals surface area (Å²) in [6.07, 6.45) is -32.3. The molecule has 0 aromatic rings. The Morgan fingerprint density at radius 1 is 0.587 bits per heavy atom. The van der Waals surface area contributed by atoms with E-state index in [1.165, 1.54) is 0 Å². The Bertz CT molecular complexity index is 945. The summed E-state index contributed by atoms with van der Waals surface area (Å²) in [5.41, 5.74) is 0. The highest BCUT2D eigenvalue weighted by atomic mass is 16.8. The molecule has 20 heteroatoms. The van der Waals surface area contributed by atoms with E-state index in [0.29, 0.717) is 0 Å². The standard InChI is InChI=1S/C26H46O20/c1-2-3-26(46-25-20(39)17(36)14(33)10(5-28)42-25)22(44-23-18(37)12(31)8(30)7-40-23)21(15(34)11(6-29)45-26)43-24-19(38)16(35)13(32)9(4-27)41-24/h8-25,27-39H,2-7H2,1H3. The van der Waals surface area contributed by atoms with Gasteiger partial charge in [-0.25, -0.2) is 0 Å². The van der Waals surface area contributed by atoms with Gasteiger partial charge in [0.1, 0.15) is 91.6 Å². The average Bonchev–Trinajstić information content (AvgIpc) is 3.04. The SMILES string of the molecule is CCCC1(OC2OC(CO)C(O)C(O)C2O)OC(CO)C(O)C(OC2OC(CO)C(O)C(O)C2O)C1OC1OCC(O)C(O)C1O. The number of hydrogen-bond donors (Lipinski definition) is 13. The first kappa shape index (κ1) is 38.0. The van der Waals surface area contributed by atoms with Crippen molar-refractivity contribution in [3.05, 3.63) is 0 Å². The smallest absolute Gasteiger partial charge is 0.200 e. The van der Waals surface area contributed by atoms with E-state index in [1.807, 2.05) is 0 Å². The maximum Gasteiger partial charge on any atom is 0.200 e. The van der Waals surface area contributed by atoms with Gasteiger partial charge in [-0.3, -0.25) is 0 Å². The van der Waals surface area contributed by atoms with Crippen molar-refractivity contribution in [2.75, 3.05) is 26.4 Å². The third-order valence-electron chi connectivity index (χ3n) is 8.62. The van der Waals surface area contributed by atoms with Crippen LogP contribution in [0.5, 0.6) is 0 Å². The molecule has 270 valence electrons. The number of aliphatic hydroxyl groups is 13. The maximum absolute atomic E-state index is 11.3. The van der Waals surface area contributed by atoms with Crippen LogP contribution in [0.1, 0.15) is 19.8 Å². The second-order valence-electron chi connectivity index (χ2n) is 11.8. The summed E-state index contributed by atoms with van der Waals surface area (Å²) in [4.78, 5) is 0. The maximum atomic E-state index is 11.3. The number of aliphatic hydroxyl groups excluding tert-OH is 13. The van der Waals surface area contributed by atoms with E-state index in [1.54, 1.807) is 6.92 Å². The Morgan fingerprint density at radius 3 is 1.65 bits per heavy atom. The topological polar surface area (TPSA) is 328 Å². The summed E-state index contributed by atoms with van der Waals surface area (Å²) >= 11 is 0. The van der Waals surface area contributed by atoms with Crippen LogP contribution in [-0.4, -0.2) is 209 Å². The molecule has 13 N–H and O–H groups in total. The molecule has 4 fully saturated rings. The normalized spacial score (nSPS) is 52.0. The molecule has 0 aromatic heterocycles. The van der Waals surface area contributed by atoms with E-state index in [9.17, 15) is 66.4 Å². The van der Waals surface area contributed by atoms with Crippen molar-refractivity contribution in [3.8, 4) is 0 Å². The van der Waals surface area contributed by atoms with E-state index in [2.05, 4.69) is 0 Å². The van der Waals surface area contributed by atoms with Gasteiger partial charge in [0.2, 0.25) is 5.79 Å². The zero-order valence-electron chi connectivity index (χ0n) is 24.8. The van der Waals surface area contributed by atoms with Gasteiger partial charge < -0.3 is 99.5 Å². The van der Waals surface area contributed by atoms with Crippen LogP contribution >= 0.6 is 0 Å². The highest BCUT2D eigenvalue weighted by molar-refractivity contribution is 5.02. The first-order valence-electron chi connectivity index (χ1n) is 15.0. The van der Waals surface area contributed by atoms with Crippen molar-refractivity contribution >= 4 is 0 Å². The molecule has 0 spiro atoms. The van der Waals surface area contributed by atoms with Crippen molar-refractivity contribution in [2.45, 2.75) is 136 Å². The lowest BCUT2D eigenvalue weighted by Crippen LogP contribution is -2.72. The van der Waals surface area contributed by atoms with Crippen molar-refractivity contribution in [1.29, 1.82) is 0 Å². The molecule has 0 aliphatic carbocycles. The van der Waals surface area contributed by atoms with Crippen LogP contribution in [0.4, 0.5) is 0 Å². The summed E-state index contributed by atoms with van der Waals surface area (Å²) in [6.45, 7) is -1.46. The molecule has 4 heterocycles. The van der Waals surface area contributed by atoms with Gasteiger partial charge in [0.15, 0.2) is 18.9 Å². The minimum absolute atomic E-state index is 0.160. The predicted octanol–water partition coefficient (Wildman–Crippen LogP) is -7.94. The largest absolute Gasteiger partial charge is 0.394 e. The molecule has 4 aliphatic heterocycles. The lowest BCUT2D eigenvalue weighted by Gasteiger charge is -2.55. The van der Waals surface area contributed by atoms with Crippen LogP contribution in [0.2, 0.25) is 0 Å².